The zero-order chi connectivity index (χ0) is 21.9. The maximum Gasteiger partial charge on any atom is 0.192 e. The minimum absolute atomic E-state index is 0.154. The van der Waals surface area contributed by atoms with Gasteiger partial charge < -0.3 is 9.53 Å². The van der Waals surface area contributed by atoms with Crippen molar-refractivity contribution < 1.29 is 14.3 Å². The smallest absolute Gasteiger partial charge is 0.192 e. The highest BCUT2D eigenvalue weighted by molar-refractivity contribution is 6.74. The van der Waals surface area contributed by atoms with Crippen LogP contribution < -0.4 is 0 Å². The van der Waals surface area contributed by atoms with Gasteiger partial charge in [-0.1, -0.05) is 58.6 Å². The number of hydrogen-bond acceptors (Lipinski definition) is 3. The van der Waals surface area contributed by atoms with Crippen molar-refractivity contribution in [2.75, 3.05) is 6.61 Å². The molecular weight excluding hydrogens is 376 g/mol. The Bertz CT molecular complexity index is 555. The monoisotopic (exact) mass is 422 g/mol. The average Bonchev–Trinajstić information content (AvgIpc) is 2.66. The van der Waals surface area contributed by atoms with E-state index in [-0.39, 0.29) is 10.8 Å². The summed E-state index contributed by atoms with van der Waals surface area (Å²) in [5.74, 6) is 0.196. The fraction of sp³-hybridized carbons (Fsp3) is 0.800. The van der Waals surface area contributed by atoms with Crippen LogP contribution in [0.5, 0.6) is 0 Å². The average molecular weight is 423 g/mol. The van der Waals surface area contributed by atoms with Gasteiger partial charge in [-0.15, -0.1) is 0 Å². The van der Waals surface area contributed by atoms with Gasteiger partial charge in [0.2, 0.25) is 0 Å². The lowest BCUT2D eigenvalue weighted by Crippen LogP contribution is -2.42. The summed E-state index contributed by atoms with van der Waals surface area (Å²) in [6.07, 6.45) is 15.0. The van der Waals surface area contributed by atoms with E-state index in [1.165, 1.54) is 31.3 Å². The van der Waals surface area contributed by atoms with Crippen molar-refractivity contribution >= 4 is 14.1 Å². The molecular formula is C25H46O3Si. The van der Waals surface area contributed by atoms with E-state index in [1.54, 1.807) is 6.08 Å². The minimum atomic E-state index is -1.83. The van der Waals surface area contributed by atoms with Gasteiger partial charge >= 0.3 is 0 Å². The molecule has 0 heterocycles. The van der Waals surface area contributed by atoms with E-state index in [2.05, 4.69) is 46.9 Å². The largest absolute Gasteiger partial charge is 0.414 e. The summed E-state index contributed by atoms with van der Waals surface area (Å²) in [6, 6.07) is 0. The van der Waals surface area contributed by atoms with Crippen LogP contribution in [0, 0.1) is 0 Å². The summed E-state index contributed by atoms with van der Waals surface area (Å²) < 4.78 is 6.16. The van der Waals surface area contributed by atoms with Crippen LogP contribution in [0.4, 0.5) is 0 Å². The van der Waals surface area contributed by atoms with Gasteiger partial charge in [-0.05, 0) is 81.1 Å². The van der Waals surface area contributed by atoms with Gasteiger partial charge in [-0.3, -0.25) is 4.79 Å². The van der Waals surface area contributed by atoms with Gasteiger partial charge in [0.05, 0.1) is 12.7 Å². The van der Waals surface area contributed by atoms with Crippen molar-refractivity contribution in [3.05, 3.63) is 23.3 Å². The summed E-state index contributed by atoms with van der Waals surface area (Å²) >= 11 is 0. The maximum absolute atomic E-state index is 12.7. The van der Waals surface area contributed by atoms with Crippen LogP contribution in [0.15, 0.2) is 23.3 Å². The molecule has 0 aromatic rings. The zero-order valence-corrected chi connectivity index (χ0v) is 21.0. The predicted molar refractivity (Wildman–Crippen MR) is 127 cm³/mol. The normalized spacial score (nSPS) is 17.2. The van der Waals surface area contributed by atoms with E-state index in [1.807, 2.05) is 0 Å². The minimum Gasteiger partial charge on any atom is -0.414 e. The van der Waals surface area contributed by atoms with E-state index in [0.29, 0.717) is 13.0 Å². The second-order valence-corrected chi connectivity index (χ2v) is 15.0. The van der Waals surface area contributed by atoms with E-state index >= 15 is 0 Å². The highest BCUT2D eigenvalue weighted by atomic mass is 28.4. The topological polar surface area (TPSA) is 46.5 Å². The fourth-order valence-electron chi connectivity index (χ4n) is 3.47. The summed E-state index contributed by atoms with van der Waals surface area (Å²) in [5, 5.41) is 10.6. The van der Waals surface area contributed by atoms with Crippen LogP contribution >= 0.6 is 0 Å². The van der Waals surface area contributed by atoms with Crippen molar-refractivity contribution in [1.82, 2.24) is 0 Å². The van der Waals surface area contributed by atoms with Gasteiger partial charge in [0.1, 0.15) is 0 Å². The van der Waals surface area contributed by atoms with Crippen LogP contribution in [0.3, 0.4) is 0 Å². The van der Waals surface area contributed by atoms with E-state index in [4.69, 9.17) is 4.43 Å². The molecule has 0 amide bonds. The summed E-state index contributed by atoms with van der Waals surface area (Å²) in [7, 11) is -1.83. The first-order valence-electron chi connectivity index (χ1n) is 11.8. The molecule has 168 valence electrons. The third kappa shape index (κ3) is 9.76. The van der Waals surface area contributed by atoms with E-state index in [9.17, 15) is 9.90 Å². The first kappa shape index (κ1) is 26.3. The molecule has 1 rings (SSSR count). The lowest BCUT2D eigenvalue weighted by atomic mass is 9.86. The molecule has 0 aromatic carbocycles. The summed E-state index contributed by atoms with van der Waals surface area (Å²) in [4.78, 5) is 12.7. The SMILES string of the molecule is CCCCCC/C=C/C(=O)C1=C(CC[C@H](O)CO[Si](C)(C)C(C)(C)C)CCCC1. The Balaban J connectivity index is 2.54. The van der Waals surface area contributed by atoms with Crippen molar-refractivity contribution in [1.29, 1.82) is 0 Å². The fourth-order valence-corrected chi connectivity index (χ4v) is 4.51. The van der Waals surface area contributed by atoms with Crippen LogP contribution in [0.1, 0.15) is 98.3 Å². The Morgan fingerprint density at radius 3 is 2.52 bits per heavy atom. The number of allylic oxidation sites excluding steroid dienone is 4. The van der Waals surface area contributed by atoms with E-state index < -0.39 is 14.4 Å². The van der Waals surface area contributed by atoms with Gasteiger partial charge in [0, 0.05) is 0 Å². The molecule has 0 saturated heterocycles. The molecule has 0 fully saturated rings. The molecule has 1 aliphatic rings. The zero-order valence-electron chi connectivity index (χ0n) is 20.0. The summed E-state index contributed by atoms with van der Waals surface area (Å²) in [5.41, 5.74) is 2.28. The number of rotatable bonds is 13. The quantitative estimate of drug-likeness (QED) is 0.195. The molecule has 4 heteroatoms. The van der Waals surface area contributed by atoms with Gasteiger partial charge in [0.15, 0.2) is 14.1 Å². The lowest BCUT2D eigenvalue weighted by Gasteiger charge is -2.36. The Labute approximate surface area is 181 Å². The number of aliphatic hydroxyl groups is 1. The second-order valence-electron chi connectivity index (χ2n) is 10.2. The molecule has 0 unspecified atom stereocenters. The van der Waals surface area contributed by atoms with Gasteiger partial charge in [-0.2, -0.15) is 0 Å². The first-order chi connectivity index (χ1) is 13.6. The summed E-state index contributed by atoms with van der Waals surface area (Å²) in [6.45, 7) is 13.7. The van der Waals surface area contributed by atoms with Crippen molar-refractivity contribution in [3.8, 4) is 0 Å². The van der Waals surface area contributed by atoms with Crippen LogP contribution in [0.25, 0.3) is 0 Å². The predicted octanol–water partition coefficient (Wildman–Crippen LogP) is 7.12. The van der Waals surface area contributed by atoms with Crippen molar-refractivity contribution in [3.63, 3.8) is 0 Å². The molecule has 1 atom stereocenters. The number of hydrogen-bond donors (Lipinski definition) is 1. The maximum atomic E-state index is 12.7. The lowest BCUT2D eigenvalue weighted by molar-refractivity contribution is -0.111. The molecule has 29 heavy (non-hydrogen) atoms. The molecule has 0 aliphatic heterocycles. The van der Waals surface area contributed by atoms with Crippen LogP contribution in [-0.2, 0) is 9.22 Å². The Morgan fingerprint density at radius 1 is 1.17 bits per heavy atom. The molecule has 1 N–H and O–H groups in total. The number of carbonyl (C=O) groups is 1. The highest BCUT2D eigenvalue weighted by Gasteiger charge is 2.37. The molecule has 0 aromatic heterocycles. The molecule has 3 nitrogen and oxygen atoms in total. The van der Waals surface area contributed by atoms with Crippen molar-refractivity contribution in [2.45, 2.75) is 123 Å². The van der Waals surface area contributed by atoms with Crippen LogP contribution in [-0.4, -0.2) is 31.9 Å². The molecule has 0 spiro atoms. The number of ketones is 1. The first-order valence-corrected chi connectivity index (χ1v) is 14.7. The van der Waals surface area contributed by atoms with Gasteiger partial charge in [0.25, 0.3) is 0 Å². The third-order valence-electron chi connectivity index (χ3n) is 6.60. The van der Waals surface area contributed by atoms with Crippen molar-refractivity contribution in [2.24, 2.45) is 0 Å². The molecule has 1 aliphatic carbocycles. The van der Waals surface area contributed by atoms with Crippen LogP contribution in [0.2, 0.25) is 18.1 Å². The highest BCUT2D eigenvalue weighted by Crippen LogP contribution is 2.36. The Kier molecular flexibility index (Phi) is 11.7. The number of aliphatic hydroxyl groups excluding tert-OH is 1. The van der Waals surface area contributed by atoms with E-state index in [0.717, 1.165) is 44.1 Å². The number of carbonyl (C=O) groups excluding carboxylic acids is 1. The molecule has 0 radical (unpaired) electrons. The standard InChI is InChI=1S/C25H46O3Si/c1-7-8-9-10-11-12-17-24(27)23-16-14-13-15-21(23)18-19-22(26)20-28-29(5,6)25(2,3)4/h12,17,22,26H,7-11,13-16,18-20H2,1-6H3/b17-12+/t22-/m0/s1. The molecule has 0 bridgehead atoms. The Hall–Kier alpha value is -0.713. The number of unbranched alkanes of at least 4 members (excludes halogenated alkanes) is 4. The van der Waals surface area contributed by atoms with Gasteiger partial charge in [-0.25, -0.2) is 0 Å². The molecule has 0 saturated carbocycles. The Morgan fingerprint density at radius 2 is 1.86 bits per heavy atom. The third-order valence-corrected chi connectivity index (χ3v) is 11.1. The second kappa shape index (κ2) is 12.9.